The zero-order valence-corrected chi connectivity index (χ0v) is 19.2. The van der Waals surface area contributed by atoms with E-state index in [0.717, 1.165) is 29.1 Å². The number of anilines is 1. The van der Waals surface area contributed by atoms with E-state index in [-0.39, 0.29) is 11.6 Å². The first kappa shape index (κ1) is 22.6. The van der Waals surface area contributed by atoms with Crippen LogP contribution in [0.3, 0.4) is 0 Å². The van der Waals surface area contributed by atoms with Crippen molar-refractivity contribution in [3.63, 3.8) is 0 Å². The molecule has 0 aliphatic rings. The van der Waals surface area contributed by atoms with Gasteiger partial charge in [0.05, 0.1) is 5.69 Å². The van der Waals surface area contributed by atoms with Gasteiger partial charge in [-0.1, -0.05) is 23.5 Å². The van der Waals surface area contributed by atoms with E-state index in [1.165, 1.54) is 4.90 Å². The predicted octanol–water partition coefficient (Wildman–Crippen LogP) is 4.24. The smallest absolute Gasteiger partial charge is 0.280 e. The van der Waals surface area contributed by atoms with Gasteiger partial charge in [-0.25, -0.2) is 0 Å². The van der Waals surface area contributed by atoms with Gasteiger partial charge in [0.25, 0.3) is 5.91 Å². The Morgan fingerprint density at radius 1 is 1.16 bits per heavy atom. The first-order chi connectivity index (χ1) is 14.7. The first-order valence-corrected chi connectivity index (χ1v) is 11.0. The van der Waals surface area contributed by atoms with Gasteiger partial charge in [0.15, 0.2) is 11.7 Å². The number of hydrogen-bond acceptors (Lipinski definition) is 6. The van der Waals surface area contributed by atoms with Crippen molar-refractivity contribution in [2.45, 2.75) is 52.6 Å². The minimum atomic E-state index is -0.969. The van der Waals surface area contributed by atoms with Crippen molar-refractivity contribution in [2.75, 3.05) is 4.90 Å². The SMILES string of the molecule is CCC(C)(C)NC(=O)[C@@H](c1ccccn1)N(C(=O)c1csnn1)c1ccc(C)c(C)c1. The van der Waals surface area contributed by atoms with Crippen molar-refractivity contribution in [2.24, 2.45) is 0 Å². The van der Waals surface area contributed by atoms with Crippen LogP contribution in [0.4, 0.5) is 5.69 Å². The Bertz CT molecular complexity index is 1050. The van der Waals surface area contributed by atoms with Crippen LogP contribution < -0.4 is 10.2 Å². The Kier molecular flexibility index (Phi) is 6.80. The fourth-order valence-corrected chi connectivity index (χ4v) is 3.48. The average molecular weight is 438 g/mol. The number of nitrogens with one attached hydrogen (secondary N) is 1. The molecule has 0 aliphatic heterocycles. The van der Waals surface area contributed by atoms with Gasteiger partial charge in [-0.3, -0.25) is 19.5 Å². The molecule has 3 rings (SSSR count). The Morgan fingerprint density at radius 3 is 2.52 bits per heavy atom. The van der Waals surface area contributed by atoms with Gasteiger partial charge in [-0.05, 0) is 81.0 Å². The normalized spacial score (nSPS) is 12.3. The second-order valence-electron chi connectivity index (χ2n) is 8.12. The number of benzene rings is 1. The van der Waals surface area contributed by atoms with Crippen molar-refractivity contribution < 1.29 is 9.59 Å². The van der Waals surface area contributed by atoms with Crippen molar-refractivity contribution in [1.82, 2.24) is 19.9 Å². The summed E-state index contributed by atoms with van der Waals surface area (Å²) < 4.78 is 3.83. The van der Waals surface area contributed by atoms with Crippen LogP contribution in [0, 0.1) is 13.8 Å². The number of carbonyl (C=O) groups is 2. The monoisotopic (exact) mass is 437 g/mol. The van der Waals surface area contributed by atoms with Crippen LogP contribution in [-0.4, -0.2) is 31.9 Å². The summed E-state index contributed by atoms with van der Waals surface area (Å²) in [6.07, 6.45) is 2.36. The van der Waals surface area contributed by atoms with E-state index in [2.05, 4.69) is 19.9 Å². The zero-order chi connectivity index (χ0) is 22.6. The topological polar surface area (TPSA) is 88.1 Å². The van der Waals surface area contributed by atoms with E-state index in [4.69, 9.17) is 0 Å². The molecule has 0 bridgehead atoms. The molecule has 0 aliphatic carbocycles. The first-order valence-electron chi connectivity index (χ1n) is 10.1. The van der Waals surface area contributed by atoms with Crippen molar-refractivity contribution in [3.8, 4) is 0 Å². The molecule has 162 valence electrons. The summed E-state index contributed by atoms with van der Waals surface area (Å²) in [5.74, 6) is -0.711. The third-order valence-corrected chi connectivity index (χ3v) is 5.89. The van der Waals surface area contributed by atoms with Gasteiger partial charge in [0.2, 0.25) is 5.91 Å². The van der Waals surface area contributed by atoms with Crippen LogP contribution in [0.15, 0.2) is 48.0 Å². The maximum atomic E-state index is 13.6. The predicted molar refractivity (Wildman–Crippen MR) is 122 cm³/mol. The molecule has 3 aromatic rings. The minimum absolute atomic E-state index is 0.187. The second kappa shape index (κ2) is 9.34. The molecular weight excluding hydrogens is 410 g/mol. The number of rotatable bonds is 7. The summed E-state index contributed by atoms with van der Waals surface area (Å²) in [5, 5.41) is 8.61. The molecule has 2 heterocycles. The molecule has 0 spiro atoms. The van der Waals surface area contributed by atoms with E-state index >= 15 is 0 Å². The number of aryl methyl sites for hydroxylation is 2. The number of aromatic nitrogens is 3. The van der Waals surface area contributed by atoms with Gasteiger partial charge in [-0.2, -0.15) is 0 Å². The van der Waals surface area contributed by atoms with E-state index in [0.29, 0.717) is 11.4 Å². The average Bonchev–Trinajstić information content (AvgIpc) is 3.29. The fraction of sp³-hybridized carbons (Fsp3) is 0.348. The number of carbonyl (C=O) groups excluding carboxylic acids is 2. The molecule has 2 aromatic heterocycles. The highest BCUT2D eigenvalue weighted by Crippen LogP contribution is 2.30. The van der Waals surface area contributed by atoms with Crippen molar-refractivity contribution in [3.05, 3.63) is 70.5 Å². The molecular formula is C23H27N5O2S. The lowest BCUT2D eigenvalue weighted by Gasteiger charge is -2.34. The lowest BCUT2D eigenvalue weighted by atomic mass is 9.99. The lowest BCUT2D eigenvalue weighted by molar-refractivity contribution is -0.124. The molecule has 0 saturated carbocycles. The lowest BCUT2D eigenvalue weighted by Crippen LogP contribution is -2.50. The van der Waals surface area contributed by atoms with Crippen LogP contribution >= 0.6 is 11.5 Å². The standard InChI is InChI=1S/C23H27N5O2S/c1-6-23(4,5)25-21(29)20(18-9-7-8-12-24-18)28(22(30)19-14-31-27-26-19)17-11-10-15(2)16(3)13-17/h7-14,20H,6H2,1-5H3,(H,25,29)/t20-/m1/s1. The minimum Gasteiger partial charge on any atom is -0.349 e. The fourth-order valence-electron chi connectivity index (χ4n) is 3.05. The molecule has 2 amide bonds. The summed E-state index contributed by atoms with van der Waals surface area (Å²) in [6, 6.07) is 10.1. The summed E-state index contributed by atoms with van der Waals surface area (Å²) in [4.78, 5) is 33.0. The van der Waals surface area contributed by atoms with E-state index < -0.39 is 17.5 Å². The molecule has 1 N–H and O–H groups in total. The molecule has 0 radical (unpaired) electrons. The Morgan fingerprint density at radius 2 is 1.94 bits per heavy atom. The van der Waals surface area contributed by atoms with E-state index in [1.807, 2.05) is 52.8 Å². The maximum Gasteiger partial charge on any atom is 0.280 e. The third-order valence-electron chi connectivity index (χ3n) is 5.39. The van der Waals surface area contributed by atoms with Crippen LogP contribution in [-0.2, 0) is 4.79 Å². The Labute approximate surface area is 186 Å². The summed E-state index contributed by atoms with van der Waals surface area (Å²) >= 11 is 1.09. The van der Waals surface area contributed by atoms with Crippen LogP contribution in [0.25, 0.3) is 0 Å². The van der Waals surface area contributed by atoms with Gasteiger partial charge < -0.3 is 5.32 Å². The van der Waals surface area contributed by atoms with Crippen molar-refractivity contribution in [1.29, 1.82) is 0 Å². The second-order valence-corrected chi connectivity index (χ2v) is 8.73. The van der Waals surface area contributed by atoms with Gasteiger partial charge in [-0.15, -0.1) is 5.10 Å². The number of hydrogen-bond donors (Lipinski definition) is 1. The Hall–Kier alpha value is -3.13. The summed E-state index contributed by atoms with van der Waals surface area (Å²) in [7, 11) is 0. The molecule has 1 aromatic carbocycles. The number of nitrogens with zero attached hydrogens (tertiary/aromatic N) is 4. The number of pyridine rings is 1. The molecule has 31 heavy (non-hydrogen) atoms. The van der Waals surface area contributed by atoms with E-state index in [1.54, 1.807) is 29.8 Å². The molecule has 8 heteroatoms. The summed E-state index contributed by atoms with van der Waals surface area (Å²) in [6.45, 7) is 9.88. The molecule has 1 atom stereocenters. The van der Waals surface area contributed by atoms with Crippen LogP contribution in [0.2, 0.25) is 0 Å². The highest BCUT2D eigenvalue weighted by Gasteiger charge is 2.37. The van der Waals surface area contributed by atoms with Crippen LogP contribution in [0.1, 0.15) is 60.5 Å². The summed E-state index contributed by atoms with van der Waals surface area (Å²) in [5.41, 5.74) is 2.93. The third kappa shape index (κ3) is 5.14. The van der Waals surface area contributed by atoms with Crippen molar-refractivity contribution >= 4 is 29.0 Å². The maximum absolute atomic E-state index is 13.6. The molecule has 7 nitrogen and oxygen atoms in total. The molecule has 0 saturated heterocycles. The zero-order valence-electron chi connectivity index (χ0n) is 18.4. The van der Waals surface area contributed by atoms with Gasteiger partial charge in [0.1, 0.15) is 0 Å². The highest BCUT2D eigenvalue weighted by molar-refractivity contribution is 7.03. The largest absolute Gasteiger partial charge is 0.349 e. The molecule has 0 unspecified atom stereocenters. The molecule has 0 fully saturated rings. The highest BCUT2D eigenvalue weighted by atomic mass is 32.1. The quantitative estimate of drug-likeness (QED) is 0.597. The Balaban J connectivity index is 2.17. The number of amides is 2. The van der Waals surface area contributed by atoms with E-state index in [9.17, 15) is 9.59 Å². The van der Waals surface area contributed by atoms with Gasteiger partial charge >= 0.3 is 0 Å². The van der Waals surface area contributed by atoms with Crippen LogP contribution in [0.5, 0.6) is 0 Å². The van der Waals surface area contributed by atoms with Gasteiger partial charge in [0, 0.05) is 22.8 Å².